The first kappa shape index (κ1) is 22.5. The van der Waals surface area contributed by atoms with E-state index in [0.717, 1.165) is 4.90 Å². The Morgan fingerprint density at radius 1 is 0.903 bits per heavy atom. The topological polar surface area (TPSA) is 107 Å². The van der Waals surface area contributed by atoms with E-state index in [2.05, 4.69) is 5.32 Å². The van der Waals surface area contributed by atoms with Crippen LogP contribution in [0.15, 0.2) is 30.3 Å². The number of carbonyl (C=O) groups excluding carboxylic acids is 5. The highest BCUT2D eigenvalue weighted by atomic mass is 16.2. The molecule has 0 aliphatic carbocycles. The van der Waals surface area contributed by atoms with Gasteiger partial charge in [-0.2, -0.15) is 0 Å². The van der Waals surface area contributed by atoms with Crippen LogP contribution in [0.25, 0.3) is 0 Å². The Kier molecular flexibility index (Phi) is 7.04. The SMILES string of the molecule is CC(C)C(NC(=O)c1ccccc1)C(=O)N1CCN(C(=O)CN2C(=O)CCC2=O)CC1. The van der Waals surface area contributed by atoms with E-state index in [0.29, 0.717) is 31.7 Å². The van der Waals surface area contributed by atoms with Gasteiger partial charge in [0.05, 0.1) is 0 Å². The number of piperazine rings is 1. The summed E-state index contributed by atoms with van der Waals surface area (Å²) in [5.41, 5.74) is 0.488. The zero-order valence-corrected chi connectivity index (χ0v) is 17.9. The molecule has 1 N–H and O–H groups in total. The van der Waals surface area contributed by atoms with E-state index in [1.54, 1.807) is 34.1 Å². The summed E-state index contributed by atoms with van der Waals surface area (Å²) in [6, 6.07) is 8.06. The number of imide groups is 1. The molecule has 0 radical (unpaired) electrons. The van der Waals surface area contributed by atoms with E-state index >= 15 is 0 Å². The third-order valence-electron chi connectivity index (χ3n) is 5.65. The summed E-state index contributed by atoms with van der Waals surface area (Å²) in [6.07, 6.45) is 0.305. The van der Waals surface area contributed by atoms with Crippen LogP contribution in [-0.2, 0) is 19.2 Å². The third kappa shape index (κ3) is 5.28. The molecule has 0 saturated carbocycles. The lowest BCUT2D eigenvalue weighted by atomic mass is 10.0. The van der Waals surface area contributed by atoms with Crippen LogP contribution in [0.2, 0.25) is 0 Å². The molecule has 5 amide bonds. The number of hydrogen-bond donors (Lipinski definition) is 1. The van der Waals surface area contributed by atoms with Crippen LogP contribution in [-0.4, -0.2) is 83.0 Å². The van der Waals surface area contributed by atoms with Gasteiger partial charge in [-0.3, -0.25) is 28.9 Å². The van der Waals surface area contributed by atoms with Crippen LogP contribution in [0.1, 0.15) is 37.0 Å². The van der Waals surface area contributed by atoms with Crippen molar-refractivity contribution in [2.75, 3.05) is 32.7 Å². The van der Waals surface area contributed by atoms with Crippen molar-refractivity contribution >= 4 is 29.5 Å². The molecule has 2 aliphatic heterocycles. The van der Waals surface area contributed by atoms with Crippen LogP contribution in [0.3, 0.4) is 0 Å². The molecule has 1 aromatic carbocycles. The first-order chi connectivity index (χ1) is 14.8. The van der Waals surface area contributed by atoms with Gasteiger partial charge in [0.15, 0.2) is 0 Å². The van der Waals surface area contributed by atoms with Gasteiger partial charge in [0.25, 0.3) is 5.91 Å². The summed E-state index contributed by atoms with van der Waals surface area (Å²) in [5.74, 6) is -1.53. The van der Waals surface area contributed by atoms with E-state index in [4.69, 9.17) is 0 Å². The predicted octanol–water partition coefficient (Wildman–Crippen LogP) is 0.261. The standard InChI is InChI=1S/C22H28N4O5/c1-15(2)20(23-21(30)16-6-4-3-5-7-16)22(31)25-12-10-24(11-13-25)19(29)14-26-17(27)8-9-18(26)28/h3-7,15,20H,8-14H2,1-2H3,(H,23,30). The zero-order chi connectivity index (χ0) is 22.5. The average Bonchev–Trinajstić information content (AvgIpc) is 3.09. The lowest BCUT2D eigenvalue weighted by Gasteiger charge is -2.37. The molecule has 31 heavy (non-hydrogen) atoms. The lowest BCUT2D eigenvalue weighted by molar-refractivity contribution is -0.147. The van der Waals surface area contributed by atoms with E-state index in [1.165, 1.54) is 0 Å². The second kappa shape index (κ2) is 9.72. The molecule has 0 spiro atoms. The summed E-state index contributed by atoms with van der Waals surface area (Å²) in [5, 5.41) is 2.83. The lowest BCUT2D eigenvalue weighted by Crippen LogP contribution is -2.58. The Labute approximate surface area is 181 Å². The minimum Gasteiger partial charge on any atom is -0.340 e. The van der Waals surface area contributed by atoms with Crippen molar-refractivity contribution in [2.45, 2.75) is 32.7 Å². The van der Waals surface area contributed by atoms with Crippen molar-refractivity contribution < 1.29 is 24.0 Å². The smallest absolute Gasteiger partial charge is 0.251 e. The molecule has 2 saturated heterocycles. The van der Waals surface area contributed by atoms with E-state index < -0.39 is 6.04 Å². The maximum Gasteiger partial charge on any atom is 0.251 e. The van der Waals surface area contributed by atoms with Gasteiger partial charge < -0.3 is 15.1 Å². The molecule has 0 aromatic heterocycles. The molecule has 1 aromatic rings. The second-order valence-electron chi connectivity index (χ2n) is 8.14. The van der Waals surface area contributed by atoms with E-state index in [9.17, 15) is 24.0 Å². The highest BCUT2D eigenvalue weighted by molar-refractivity contribution is 6.04. The number of benzene rings is 1. The van der Waals surface area contributed by atoms with Gasteiger partial charge in [-0.1, -0.05) is 32.0 Å². The van der Waals surface area contributed by atoms with Gasteiger partial charge in [0, 0.05) is 44.6 Å². The molecule has 9 nitrogen and oxygen atoms in total. The summed E-state index contributed by atoms with van der Waals surface area (Å²) in [4.78, 5) is 65.7. The largest absolute Gasteiger partial charge is 0.340 e. The molecule has 3 rings (SSSR count). The van der Waals surface area contributed by atoms with Crippen molar-refractivity contribution in [3.63, 3.8) is 0 Å². The summed E-state index contributed by atoms with van der Waals surface area (Å²) < 4.78 is 0. The summed E-state index contributed by atoms with van der Waals surface area (Å²) >= 11 is 0. The monoisotopic (exact) mass is 428 g/mol. The average molecular weight is 428 g/mol. The normalized spacial score (nSPS) is 17.8. The molecule has 166 valence electrons. The quantitative estimate of drug-likeness (QED) is 0.654. The van der Waals surface area contributed by atoms with Crippen LogP contribution >= 0.6 is 0 Å². The first-order valence-electron chi connectivity index (χ1n) is 10.5. The van der Waals surface area contributed by atoms with E-state index in [-0.39, 0.29) is 54.8 Å². The Bertz CT molecular complexity index is 846. The van der Waals surface area contributed by atoms with Crippen LogP contribution in [0, 0.1) is 5.92 Å². The van der Waals surface area contributed by atoms with E-state index in [1.807, 2.05) is 19.9 Å². The fourth-order valence-electron chi connectivity index (χ4n) is 3.74. The minimum atomic E-state index is -0.671. The van der Waals surface area contributed by atoms with Gasteiger partial charge in [-0.05, 0) is 18.1 Å². The van der Waals surface area contributed by atoms with Crippen molar-refractivity contribution in [3.8, 4) is 0 Å². The van der Waals surface area contributed by atoms with Crippen molar-refractivity contribution in [3.05, 3.63) is 35.9 Å². The highest BCUT2D eigenvalue weighted by Crippen LogP contribution is 2.14. The molecule has 0 bridgehead atoms. The second-order valence-corrected chi connectivity index (χ2v) is 8.14. The number of hydrogen-bond acceptors (Lipinski definition) is 5. The first-order valence-corrected chi connectivity index (χ1v) is 10.5. The highest BCUT2D eigenvalue weighted by Gasteiger charge is 2.34. The zero-order valence-electron chi connectivity index (χ0n) is 17.9. The van der Waals surface area contributed by atoms with Gasteiger partial charge >= 0.3 is 0 Å². The number of nitrogens with zero attached hydrogens (tertiary/aromatic N) is 3. The maximum atomic E-state index is 13.1. The summed E-state index contributed by atoms with van der Waals surface area (Å²) in [6.45, 7) is 4.80. The number of rotatable bonds is 6. The molecule has 1 atom stereocenters. The fourth-order valence-corrected chi connectivity index (χ4v) is 3.74. The molecule has 2 aliphatic rings. The van der Waals surface area contributed by atoms with Crippen LogP contribution in [0.5, 0.6) is 0 Å². The third-order valence-corrected chi connectivity index (χ3v) is 5.65. The number of carbonyl (C=O) groups is 5. The van der Waals surface area contributed by atoms with Crippen LogP contribution < -0.4 is 5.32 Å². The molecular formula is C22H28N4O5. The summed E-state index contributed by atoms with van der Waals surface area (Å²) in [7, 11) is 0. The molecule has 2 fully saturated rings. The Hall–Kier alpha value is -3.23. The van der Waals surface area contributed by atoms with Gasteiger partial charge in [0.2, 0.25) is 23.6 Å². The van der Waals surface area contributed by atoms with Gasteiger partial charge in [0.1, 0.15) is 12.6 Å². The molecular weight excluding hydrogens is 400 g/mol. The minimum absolute atomic E-state index is 0.105. The van der Waals surface area contributed by atoms with Gasteiger partial charge in [-0.15, -0.1) is 0 Å². The predicted molar refractivity (Wildman–Crippen MR) is 112 cm³/mol. The fraction of sp³-hybridized carbons (Fsp3) is 0.500. The molecule has 1 unspecified atom stereocenters. The number of amides is 5. The maximum absolute atomic E-state index is 13.1. The Morgan fingerprint density at radius 2 is 1.45 bits per heavy atom. The van der Waals surface area contributed by atoms with Crippen molar-refractivity contribution in [2.24, 2.45) is 5.92 Å². The number of likely N-dealkylation sites (tertiary alicyclic amines) is 1. The Balaban J connectivity index is 1.55. The number of nitrogens with one attached hydrogen (secondary N) is 1. The van der Waals surface area contributed by atoms with Crippen molar-refractivity contribution in [1.82, 2.24) is 20.0 Å². The molecule has 2 heterocycles. The van der Waals surface area contributed by atoms with Crippen molar-refractivity contribution in [1.29, 1.82) is 0 Å². The van der Waals surface area contributed by atoms with Crippen LogP contribution in [0.4, 0.5) is 0 Å². The Morgan fingerprint density at radius 3 is 2.00 bits per heavy atom. The van der Waals surface area contributed by atoms with Gasteiger partial charge in [-0.25, -0.2) is 0 Å². The molecule has 9 heteroatoms.